The molecular weight excluding hydrogens is 400 g/mol. The third-order valence-electron chi connectivity index (χ3n) is 6.78. The molecule has 2 aliphatic rings. The Bertz CT molecular complexity index is 1110. The lowest BCUT2D eigenvalue weighted by Crippen LogP contribution is -2.39. The summed E-state index contributed by atoms with van der Waals surface area (Å²) >= 11 is 0. The molecule has 0 aliphatic carbocycles. The molecule has 5 rings (SSSR count). The van der Waals surface area contributed by atoms with Crippen molar-refractivity contribution in [3.63, 3.8) is 0 Å². The summed E-state index contributed by atoms with van der Waals surface area (Å²) in [7, 11) is 5.18. The van der Waals surface area contributed by atoms with E-state index in [1.54, 1.807) is 21.3 Å². The third kappa shape index (κ3) is 3.67. The summed E-state index contributed by atoms with van der Waals surface area (Å²) in [6.07, 6.45) is 1.98. The Morgan fingerprint density at radius 3 is 2.47 bits per heavy atom. The van der Waals surface area contributed by atoms with Crippen LogP contribution in [0.15, 0.2) is 54.6 Å². The molecule has 5 nitrogen and oxygen atoms in total. The summed E-state index contributed by atoms with van der Waals surface area (Å²) in [5, 5.41) is 3.60. The molecule has 1 atom stereocenters. The Labute approximate surface area is 189 Å². The van der Waals surface area contributed by atoms with Gasteiger partial charge in [-0.15, -0.1) is 0 Å². The maximum Gasteiger partial charge on any atom is 0.165 e. The third-order valence-corrected chi connectivity index (χ3v) is 6.78. The lowest BCUT2D eigenvalue weighted by atomic mass is 9.83. The van der Waals surface area contributed by atoms with Crippen LogP contribution < -0.4 is 19.5 Å². The maximum absolute atomic E-state index is 5.74. The second-order valence-electron chi connectivity index (χ2n) is 8.47. The van der Waals surface area contributed by atoms with E-state index in [2.05, 4.69) is 52.7 Å². The Kier molecular flexibility index (Phi) is 5.66. The molecule has 166 valence electrons. The summed E-state index contributed by atoms with van der Waals surface area (Å²) in [5.74, 6) is 2.59. The van der Waals surface area contributed by atoms with E-state index in [1.165, 1.54) is 27.8 Å². The highest BCUT2D eigenvalue weighted by molar-refractivity contribution is 5.62. The van der Waals surface area contributed by atoms with Crippen molar-refractivity contribution in [1.82, 2.24) is 4.90 Å². The van der Waals surface area contributed by atoms with E-state index in [-0.39, 0.29) is 0 Å². The standard InChI is InChI=1S/C27H30N2O3/c1-30-25-10-9-19-13-24-21-15-23(28-16-18-7-5-4-6-8-18)26(31-2)14-20(21)11-12-29(24)17-22(19)27(25)32-3/h4-10,14-15,24,28H,11-13,16-17H2,1-3H3. The molecule has 2 heterocycles. The molecule has 3 aromatic rings. The zero-order valence-electron chi connectivity index (χ0n) is 19.0. The highest BCUT2D eigenvalue weighted by Crippen LogP contribution is 2.45. The summed E-state index contributed by atoms with van der Waals surface area (Å²) in [4.78, 5) is 2.57. The zero-order valence-corrected chi connectivity index (χ0v) is 19.0. The van der Waals surface area contributed by atoms with Crippen molar-refractivity contribution in [1.29, 1.82) is 0 Å². The van der Waals surface area contributed by atoms with Crippen molar-refractivity contribution in [3.8, 4) is 17.2 Å². The first-order valence-corrected chi connectivity index (χ1v) is 11.2. The molecule has 0 bridgehead atoms. The normalized spacial score (nSPS) is 17.0. The van der Waals surface area contributed by atoms with Gasteiger partial charge in [0.1, 0.15) is 5.75 Å². The van der Waals surface area contributed by atoms with E-state index in [1.807, 2.05) is 12.1 Å². The molecule has 3 aromatic carbocycles. The second kappa shape index (κ2) is 8.75. The monoisotopic (exact) mass is 430 g/mol. The molecule has 1 unspecified atom stereocenters. The molecular formula is C27H30N2O3. The van der Waals surface area contributed by atoms with Crippen LogP contribution >= 0.6 is 0 Å². The van der Waals surface area contributed by atoms with Crippen LogP contribution in [0.4, 0.5) is 5.69 Å². The topological polar surface area (TPSA) is 43.0 Å². The lowest BCUT2D eigenvalue weighted by Gasteiger charge is -2.42. The van der Waals surface area contributed by atoms with Gasteiger partial charge in [-0.25, -0.2) is 0 Å². The summed E-state index contributed by atoms with van der Waals surface area (Å²) in [6, 6.07) is 19.6. The fourth-order valence-corrected chi connectivity index (χ4v) is 5.12. The lowest BCUT2D eigenvalue weighted by molar-refractivity contribution is 0.157. The van der Waals surface area contributed by atoms with Crippen LogP contribution in [0.3, 0.4) is 0 Å². The van der Waals surface area contributed by atoms with Crippen molar-refractivity contribution in [2.45, 2.75) is 32.0 Å². The van der Waals surface area contributed by atoms with Gasteiger partial charge >= 0.3 is 0 Å². The number of benzene rings is 3. The van der Waals surface area contributed by atoms with Crippen LogP contribution in [0.1, 0.15) is 33.9 Å². The van der Waals surface area contributed by atoms with Crippen LogP contribution in [0, 0.1) is 0 Å². The van der Waals surface area contributed by atoms with E-state index < -0.39 is 0 Å². The number of nitrogens with zero attached hydrogens (tertiary/aromatic N) is 1. The minimum absolute atomic E-state index is 0.354. The smallest absolute Gasteiger partial charge is 0.165 e. The molecule has 5 heteroatoms. The van der Waals surface area contributed by atoms with E-state index in [9.17, 15) is 0 Å². The Hall–Kier alpha value is -3.18. The Morgan fingerprint density at radius 2 is 1.72 bits per heavy atom. The first kappa shape index (κ1) is 20.7. The van der Waals surface area contributed by atoms with Crippen LogP contribution in [-0.4, -0.2) is 32.8 Å². The van der Waals surface area contributed by atoms with E-state index in [0.29, 0.717) is 6.04 Å². The van der Waals surface area contributed by atoms with Gasteiger partial charge in [0.25, 0.3) is 0 Å². The van der Waals surface area contributed by atoms with E-state index in [0.717, 1.165) is 55.4 Å². The highest BCUT2D eigenvalue weighted by atomic mass is 16.5. The summed E-state index contributed by atoms with van der Waals surface area (Å²) < 4.78 is 17.0. The van der Waals surface area contributed by atoms with Crippen LogP contribution in [0.2, 0.25) is 0 Å². The molecule has 0 amide bonds. The SMILES string of the molecule is COc1cc2c(cc1NCc1ccccc1)C1Cc3ccc(OC)c(OC)c3CN1CC2. The van der Waals surface area contributed by atoms with Gasteiger partial charge in [-0.2, -0.15) is 0 Å². The van der Waals surface area contributed by atoms with Crippen molar-refractivity contribution in [2.24, 2.45) is 0 Å². The molecule has 0 fully saturated rings. The van der Waals surface area contributed by atoms with Crippen LogP contribution in [-0.2, 0) is 25.9 Å². The number of hydrogen-bond acceptors (Lipinski definition) is 5. The van der Waals surface area contributed by atoms with Gasteiger partial charge in [-0.05, 0) is 53.3 Å². The first-order valence-electron chi connectivity index (χ1n) is 11.2. The number of methoxy groups -OCH3 is 3. The van der Waals surface area contributed by atoms with Crippen molar-refractivity contribution in [2.75, 3.05) is 33.2 Å². The van der Waals surface area contributed by atoms with Crippen LogP contribution in [0.5, 0.6) is 17.2 Å². The van der Waals surface area contributed by atoms with Gasteiger partial charge in [0, 0.05) is 31.2 Å². The molecule has 0 saturated carbocycles. The predicted molar refractivity (Wildman–Crippen MR) is 127 cm³/mol. The number of fused-ring (bicyclic) bond motifs is 4. The summed E-state index contributed by atoms with van der Waals surface area (Å²) in [6.45, 7) is 2.67. The fourth-order valence-electron chi connectivity index (χ4n) is 5.12. The van der Waals surface area contributed by atoms with Gasteiger partial charge in [0.05, 0.1) is 27.0 Å². The fraction of sp³-hybridized carbons (Fsp3) is 0.333. The first-order chi connectivity index (χ1) is 15.7. The van der Waals surface area contributed by atoms with Gasteiger partial charge < -0.3 is 19.5 Å². The molecule has 0 radical (unpaired) electrons. The number of hydrogen-bond donors (Lipinski definition) is 1. The predicted octanol–water partition coefficient (Wildman–Crippen LogP) is 4.98. The molecule has 1 N–H and O–H groups in total. The average Bonchev–Trinajstić information content (AvgIpc) is 2.85. The maximum atomic E-state index is 5.74. The number of rotatable bonds is 6. The zero-order chi connectivity index (χ0) is 22.1. The van der Waals surface area contributed by atoms with Crippen molar-refractivity contribution >= 4 is 5.69 Å². The molecule has 0 saturated heterocycles. The Balaban J connectivity index is 1.47. The van der Waals surface area contributed by atoms with Crippen molar-refractivity contribution < 1.29 is 14.2 Å². The van der Waals surface area contributed by atoms with E-state index in [4.69, 9.17) is 14.2 Å². The molecule has 0 aromatic heterocycles. The highest BCUT2D eigenvalue weighted by Gasteiger charge is 2.34. The number of anilines is 1. The number of ether oxygens (including phenoxy) is 3. The van der Waals surface area contributed by atoms with E-state index >= 15 is 0 Å². The minimum Gasteiger partial charge on any atom is -0.495 e. The quantitative estimate of drug-likeness (QED) is 0.597. The summed E-state index contributed by atoms with van der Waals surface area (Å²) in [5.41, 5.74) is 7.68. The largest absolute Gasteiger partial charge is 0.495 e. The van der Waals surface area contributed by atoms with Gasteiger partial charge in [0.15, 0.2) is 11.5 Å². The molecule has 32 heavy (non-hydrogen) atoms. The Morgan fingerprint density at radius 1 is 0.906 bits per heavy atom. The van der Waals surface area contributed by atoms with Crippen molar-refractivity contribution in [3.05, 3.63) is 82.4 Å². The molecule has 0 spiro atoms. The second-order valence-corrected chi connectivity index (χ2v) is 8.47. The average molecular weight is 431 g/mol. The van der Waals surface area contributed by atoms with Gasteiger partial charge in [-0.1, -0.05) is 36.4 Å². The van der Waals surface area contributed by atoms with Gasteiger partial charge in [-0.3, -0.25) is 4.90 Å². The van der Waals surface area contributed by atoms with Crippen LogP contribution in [0.25, 0.3) is 0 Å². The van der Waals surface area contributed by atoms with Gasteiger partial charge in [0.2, 0.25) is 0 Å². The minimum atomic E-state index is 0.354. The molecule has 2 aliphatic heterocycles. The number of nitrogens with one attached hydrogen (secondary N) is 1.